The van der Waals surface area contributed by atoms with Gasteiger partial charge >= 0.3 is 0 Å². The molecule has 2 atom stereocenters. The Balaban J connectivity index is 1.53. The number of rotatable bonds is 6. The summed E-state index contributed by atoms with van der Waals surface area (Å²) in [6, 6.07) is 6.46. The number of hydrogen-bond acceptors (Lipinski definition) is 3. The molecule has 0 bridgehead atoms. The first-order valence-corrected chi connectivity index (χ1v) is 8.23. The van der Waals surface area contributed by atoms with Crippen molar-refractivity contribution >= 4 is 0 Å². The second kappa shape index (κ2) is 6.68. The number of fused-ring (bicyclic) bond motifs is 1. The highest BCUT2D eigenvalue weighted by Gasteiger charge is 2.35. The molecule has 1 aliphatic heterocycles. The van der Waals surface area contributed by atoms with Crippen molar-refractivity contribution < 1.29 is 0 Å². The van der Waals surface area contributed by atoms with Crippen molar-refractivity contribution in [2.45, 2.75) is 45.7 Å². The minimum Gasteiger partial charge on any atom is -0.311 e. The average molecular weight is 273 g/mol. The van der Waals surface area contributed by atoms with Crippen molar-refractivity contribution in [1.82, 2.24) is 15.2 Å². The Hall–Kier alpha value is -0.930. The summed E-state index contributed by atoms with van der Waals surface area (Å²) in [5, 5.41) is 3.43. The lowest BCUT2D eigenvalue weighted by molar-refractivity contribution is 0.299. The Kier molecular flexibility index (Phi) is 4.69. The monoisotopic (exact) mass is 273 g/mol. The van der Waals surface area contributed by atoms with Gasteiger partial charge in [0.05, 0.1) is 11.4 Å². The van der Waals surface area contributed by atoms with E-state index in [1.807, 2.05) is 0 Å². The molecular formula is C17H27N3. The van der Waals surface area contributed by atoms with E-state index in [4.69, 9.17) is 4.98 Å². The van der Waals surface area contributed by atoms with Gasteiger partial charge in [0.2, 0.25) is 0 Å². The zero-order chi connectivity index (χ0) is 13.8. The van der Waals surface area contributed by atoms with E-state index in [2.05, 4.69) is 35.3 Å². The van der Waals surface area contributed by atoms with Gasteiger partial charge in [-0.05, 0) is 49.8 Å². The van der Waals surface area contributed by atoms with Crippen LogP contribution in [0.4, 0.5) is 0 Å². The van der Waals surface area contributed by atoms with Crippen molar-refractivity contribution in [2.24, 2.45) is 11.8 Å². The third-order valence-corrected chi connectivity index (χ3v) is 4.78. The molecule has 1 saturated heterocycles. The van der Waals surface area contributed by atoms with Crippen LogP contribution in [-0.4, -0.2) is 29.5 Å². The molecule has 2 aliphatic rings. The lowest BCUT2D eigenvalue weighted by atomic mass is 10.0. The van der Waals surface area contributed by atoms with E-state index < -0.39 is 0 Å². The van der Waals surface area contributed by atoms with Gasteiger partial charge in [-0.15, -0.1) is 0 Å². The van der Waals surface area contributed by atoms with Gasteiger partial charge in [0.25, 0.3) is 0 Å². The topological polar surface area (TPSA) is 28.2 Å². The largest absolute Gasteiger partial charge is 0.311 e. The molecule has 2 fully saturated rings. The number of nitrogens with zero attached hydrogens (tertiary/aromatic N) is 2. The maximum atomic E-state index is 4.80. The van der Waals surface area contributed by atoms with Crippen LogP contribution in [0.1, 0.15) is 44.0 Å². The molecule has 1 aromatic rings. The van der Waals surface area contributed by atoms with Gasteiger partial charge < -0.3 is 5.32 Å². The smallest absolute Gasteiger partial charge is 0.0547 e. The van der Waals surface area contributed by atoms with Crippen LogP contribution < -0.4 is 5.32 Å². The predicted octanol–water partition coefficient (Wildman–Crippen LogP) is 2.81. The molecule has 3 heteroatoms. The maximum absolute atomic E-state index is 4.80. The summed E-state index contributed by atoms with van der Waals surface area (Å²) in [4.78, 5) is 7.41. The van der Waals surface area contributed by atoms with Crippen LogP contribution in [0, 0.1) is 11.8 Å². The normalized spacial score (nSPS) is 26.1. The standard InChI is InChI=1S/C17H27N3/c1-2-9-18-10-16-7-4-8-17(19-16)13-20-11-14-5-3-6-15(14)12-20/h4,7-8,14-15,18H,2-3,5-6,9-13H2,1H3. The summed E-state index contributed by atoms with van der Waals surface area (Å²) in [5.74, 6) is 1.95. The number of aromatic nitrogens is 1. The highest BCUT2D eigenvalue weighted by Crippen LogP contribution is 2.37. The van der Waals surface area contributed by atoms with E-state index in [1.54, 1.807) is 0 Å². The Morgan fingerprint density at radius 3 is 2.70 bits per heavy atom. The first-order valence-electron chi connectivity index (χ1n) is 8.23. The van der Waals surface area contributed by atoms with Gasteiger partial charge in [-0.2, -0.15) is 0 Å². The van der Waals surface area contributed by atoms with E-state index in [-0.39, 0.29) is 0 Å². The summed E-state index contributed by atoms with van der Waals surface area (Å²) in [6.07, 6.45) is 5.54. The van der Waals surface area contributed by atoms with Gasteiger partial charge in [-0.3, -0.25) is 9.88 Å². The van der Waals surface area contributed by atoms with Gasteiger partial charge in [-0.1, -0.05) is 19.4 Å². The van der Waals surface area contributed by atoms with Crippen LogP contribution in [0.15, 0.2) is 18.2 Å². The van der Waals surface area contributed by atoms with Gasteiger partial charge in [0.15, 0.2) is 0 Å². The Morgan fingerprint density at radius 2 is 1.95 bits per heavy atom. The van der Waals surface area contributed by atoms with Crippen LogP contribution in [0.2, 0.25) is 0 Å². The summed E-state index contributed by atoms with van der Waals surface area (Å²) in [5.41, 5.74) is 2.41. The van der Waals surface area contributed by atoms with E-state index in [0.717, 1.165) is 31.5 Å². The molecule has 1 aromatic heterocycles. The van der Waals surface area contributed by atoms with Crippen LogP contribution in [0.5, 0.6) is 0 Å². The van der Waals surface area contributed by atoms with Crippen molar-refractivity contribution in [3.05, 3.63) is 29.6 Å². The molecule has 3 nitrogen and oxygen atoms in total. The predicted molar refractivity (Wildman–Crippen MR) is 82.3 cm³/mol. The van der Waals surface area contributed by atoms with E-state index in [1.165, 1.54) is 50.2 Å². The molecule has 1 saturated carbocycles. The summed E-state index contributed by atoms with van der Waals surface area (Å²) >= 11 is 0. The fraction of sp³-hybridized carbons (Fsp3) is 0.706. The molecule has 0 spiro atoms. The minimum atomic E-state index is 0.896. The summed E-state index contributed by atoms with van der Waals surface area (Å²) in [6.45, 7) is 7.79. The molecule has 0 radical (unpaired) electrons. The number of hydrogen-bond donors (Lipinski definition) is 1. The van der Waals surface area contributed by atoms with Crippen molar-refractivity contribution in [2.75, 3.05) is 19.6 Å². The Bertz CT molecular complexity index is 420. The molecule has 1 N–H and O–H groups in total. The maximum Gasteiger partial charge on any atom is 0.0547 e. The summed E-state index contributed by atoms with van der Waals surface area (Å²) < 4.78 is 0. The second-order valence-corrected chi connectivity index (χ2v) is 6.44. The lowest BCUT2D eigenvalue weighted by Crippen LogP contribution is -2.22. The van der Waals surface area contributed by atoms with E-state index >= 15 is 0 Å². The van der Waals surface area contributed by atoms with Gasteiger partial charge in [0, 0.05) is 26.2 Å². The van der Waals surface area contributed by atoms with Gasteiger partial charge in [0.1, 0.15) is 0 Å². The number of nitrogens with one attached hydrogen (secondary N) is 1. The molecule has 0 aromatic carbocycles. The van der Waals surface area contributed by atoms with Crippen LogP contribution in [0.25, 0.3) is 0 Å². The molecule has 2 heterocycles. The molecule has 2 unspecified atom stereocenters. The second-order valence-electron chi connectivity index (χ2n) is 6.44. The zero-order valence-corrected chi connectivity index (χ0v) is 12.6. The Morgan fingerprint density at radius 1 is 1.20 bits per heavy atom. The average Bonchev–Trinajstić information content (AvgIpc) is 3.00. The molecule has 3 rings (SSSR count). The third kappa shape index (κ3) is 3.39. The SMILES string of the molecule is CCCNCc1cccc(CN2CC3CCCC3C2)n1. The van der Waals surface area contributed by atoms with Crippen molar-refractivity contribution in [1.29, 1.82) is 0 Å². The van der Waals surface area contributed by atoms with Crippen molar-refractivity contribution in [3.8, 4) is 0 Å². The van der Waals surface area contributed by atoms with Gasteiger partial charge in [-0.25, -0.2) is 0 Å². The fourth-order valence-corrected chi connectivity index (χ4v) is 3.80. The lowest BCUT2D eigenvalue weighted by Gasteiger charge is -2.16. The first-order chi connectivity index (χ1) is 9.85. The quantitative estimate of drug-likeness (QED) is 0.808. The van der Waals surface area contributed by atoms with Crippen LogP contribution in [-0.2, 0) is 13.1 Å². The molecule has 1 aliphatic carbocycles. The van der Waals surface area contributed by atoms with E-state index in [9.17, 15) is 0 Å². The first kappa shape index (κ1) is 14.0. The third-order valence-electron chi connectivity index (χ3n) is 4.78. The zero-order valence-electron chi connectivity index (χ0n) is 12.6. The number of likely N-dealkylation sites (tertiary alicyclic amines) is 1. The Labute approximate surface area is 122 Å². The molecular weight excluding hydrogens is 246 g/mol. The fourth-order valence-electron chi connectivity index (χ4n) is 3.80. The van der Waals surface area contributed by atoms with Crippen LogP contribution in [0.3, 0.4) is 0 Å². The molecule has 20 heavy (non-hydrogen) atoms. The molecule has 110 valence electrons. The summed E-state index contributed by atoms with van der Waals surface area (Å²) in [7, 11) is 0. The highest BCUT2D eigenvalue weighted by molar-refractivity contribution is 5.11. The van der Waals surface area contributed by atoms with E-state index in [0.29, 0.717) is 0 Å². The van der Waals surface area contributed by atoms with Crippen LogP contribution >= 0.6 is 0 Å². The molecule has 0 amide bonds. The highest BCUT2D eigenvalue weighted by atomic mass is 15.2. The minimum absolute atomic E-state index is 0.896. The van der Waals surface area contributed by atoms with Crippen molar-refractivity contribution in [3.63, 3.8) is 0 Å². The number of pyridine rings is 1.